The topological polar surface area (TPSA) is 61.1 Å². The minimum absolute atomic E-state index is 0. The van der Waals surface area contributed by atoms with Crippen molar-refractivity contribution in [1.29, 1.82) is 5.26 Å². The van der Waals surface area contributed by atoms with E-state index in [0.717, 1.165) is 0 Å². The van der Waals surface area contributed by atoms with Gasteiger partial charge in [0.25, 0.3) is 0 Å². The first-order valence-electron chi connectivity index (χ1n) is 3.08. The van der Waals surface area contributed by atoms with Gasteiger partial charge in [0, 0.05) is 3.57 Å². The molecule has 0 atom stereocenters. The Morgan fingerprint density at radius 3 is 2.62 bits per heavy atom. The van der Waals surface area contributed by atoms with E-state index in [2.05, 4.69) is 0 Å². The summed E-state index contributed by atoms with van der Waals surface area (Å²) in [7, 11) is 0. The molecule has 5 heteroatoms. The van der Waals surface area contributed by atoms with Crippen molar-refractivity contribution in [2.75, 3.05) is 0 Å². The predicted octanol–water partition coefficient (Wildman–Crippen LogP) is 2.28. The molecule has 0 radical (unpaired) electrons. The van der Waals surface area contributed by atoms with Gasteiger partial charge in [-0.2, -0.15) is 5.26 Å². The zero-order valence-corrected chi connectivity index (χ0v) is 9.29. The first kappa shape index (κ1) is 12.2. The third kappa shape index (κ3) is 2.86. The normalized spacial score (nSPS) is 8.31. The van der Waals surface area contributed by atoms with Crippen LogP contribution in [0.3, 0.4) is 0 Å². The molecule has 3 nitrogen and oxygen atoms in total. The van der Waals surface area contributed by atoms with Crippen molar-refractivity contribution in [2.45, 2.75) is 0 Å². The van der Waals surface area contributed by atoms with Gasteiger partial charge in [-0.05, 0) is 40.8 Å². The number of nitrogens with zero attached hydrogens (tertiary/aromatic N) is 1. The fraction of sp³-hybridized carbons (Fsp3) is 0. The number of hydrogen-bond acceptors (Lipinski definition) is 2. The van der Waals surface area contributed by atoms with E-state index in [4.69, 9.17) is 10.4 Å². The number of carboxylic acids is 1. The standard InChI is InChI=1S/C8H4INO2.ClH/c9-7-2-1-5(4-10)3-6(7)8(11)12;/h1-3H,(H,11,12);1H. The first-order chi connectivity index (χ1) is 5.65. The number of benzene rings is 1. The van der Waals surface area contributed by atoms with Gasteiger partial charge < -0.3 is 5.11 Å². The molecule has 13 heavy (non-hydrogen) atoms. The molecule has 0 amide bonds. The minimum atomic E-state index is -1.00. The second-order valence-electron chi connectivity index (χ2n) is 2.11. The number of carbonyl (C=O) groups is 1. The highest BCUT2D eigenvalue weighted by molar-refractivity contribution is 14.1. The highest BCUT2D eigenvalue weighted by Gasteiger charge is 2.07. The lowest BCUT2D eigenvalue weighted by Crippen LogP contribution is -1.99. The lowest BCUT2D eigenvalue weighted by molar-refractivity contribution is 0.0695. The van der Waals surface area contributed by atoms with Crippen LogP contribution in [0.5, 0.6) is 0 Å². The predicted molar refractivity (Wildman–Crippen MR) is 58.1 cm³/mol. The summed E-state index contributed by atoms with van der Waals surface area (Å²) in [4.78, 5) is 10.6. The zero-order chi connectivity index (χ0) is 9.14. The molecule has 0 aliphatic carbocycles. The molecular weight excluding hydrogens is 304 g/mol. The SMILES string of the molecule is Cl.N#Cc1ccc(I)c(C(=O)O)c1. The monoisotopic (exact) mass is 309 g/mol. The summed E-state index contributed by atoms with van der Waals surface area (Å²) >= 11 is 1.92. The Morgan fingerprint density at radius 1 is 1.54 bits per heavy atom. The molecule has 0 aliphatic rings. The van der Waals surface area contributed by atoms with Crippen LogP contribution in [0.1, 0.15) is 15.9 Å². The van der Waals surface area contributed by atoms with Crippen LogP contribution in [0.2, 0.25) is 0 Å². The molecule has 1 aromatic rings. The molecule has 68 valence electrons. The van der Waals surface area contributed by atoms with Gasteiger partial charge in [0.05, 0.1) is 17.2 Å². The van der Waals surface area contributed by atoms with Crippen LogP contribution >= 0.6 is 35.0 Å². The van der Waals surface area contributed by atoms with Gasteiger partial charge in [-0.15, -0.1) is 12.4 Å². The van der Waals surface area contributed by atoms with Gasteiger partial charge in [0.2, 0.25) is 0 Å². The summed E-state index contributed by atoms with van der Waals surface area (Å²) < 4.78 is 0.638. The number of rotatable bonds is 1. The molecule has 0 aliphatic heterocycles. The fourth-order valence-corrected chi connectivity index (χ4v) is 1.32. The summed E-state index contributed by atoms with van der Waals surface area (Å²) in [5.74, 6) is -1.00. The van der Waals surface area contributed by atoms with Crippen LogP contribution in [0.25, 0.3) is 0 Å². The van der Waals surface area contributed by atoms with Gasteiger partial charge in [0.15, 0.2) is 0 Å². The van der Waals surface area contributed by atoms with Gasteiger partial charge in [0.1, 0.15) is 0 Å². The molecule has 0 saturated heterocycles. The molecule has 0 aromatic heterocycles. The van der Waals surface area contributed by atoms with E-state index in [-0.39, 0.29) is 18.0 Å². The number of nitriles is 1. The summed E-state index contributed by atoms with van der Waals surface area (Å²) in [5, 5.41) is 17.2. The number of aromatic carboxylic acids is 1. The van der Waals surface area contributed by atoms with Gasteiger partial charge >= 0.3 is 5.97 Å². The number of hydrogen-bond donors (Lipinski definition) is 1. The van der Waals surface area contributed by atoms with Crippen molar-refractivity contribution in [3.63, 3.8) is 0 Å². The van der Waals surface area contributed by atoms with Crippen LogP contribution in [-0.4, -0.2) is 11.1 Å². The molecule has 0 heterocycles. The van der Waals surface area contributed by atoms with Crippen LogP contribution < -0.4 is 0 Å². The van der Waals surface area contributed by atoms with Crippen molar-refractivity contribution in [1.82, 2.24) is 0 Å². The molecule has 0 fully saturated rings. The Bertz CT molecular complexity index is 373. The average Bonchev–Trinajstić information content (AvgIpc) is 2.05. The summed E-state index contributed by atoms with van der Waals surface area (Å²) in [6, 6.07) is 6.45. The quantitative estimate of drug-likeness (QED) is 0.810. The Balaban J connectivity index is 0.00000144. The van der Waals surface area contributed by atoms with E-state index in [1.807, 2.05) is 28.7 Å². The molecule has 1 rings (SSSR count). The van der Waals surface area contributed by atoms with E-state index in [1.54, 1.807) is 12.1 Å². The van der Waals surface area contributed by atoms with Gasteiger partial charge in [-0.25, -0.2) is 4.79 Å². The largest absolute Gasteiger partial charge is 0.478 e. The molecule has 0 saturated carbocycles. The first-order valence-corrected chi connectivity index (χ1v) is 4.16. The Kier molecular flexibility index (Phi) is 4.73. The molecule has 0 unspecified atom stereocenters. The number of carboxylic acid groups (broad SMARTS) is 1. The second-order valence-corrected chi connectivity index (χ2v) is 3.27. The zero-order valence-electron chi connectivity index (χ0n) is 6.32. The molecule has 0 spiro atoms. The minimum Gasteiger partial charge on any atom is -0.478 e. The van der Waals surface area contributed by atoms with Crippen LogP contribution in [0.4, 0.5) is 0 Å². The van der Waals surface area contributed by atoms with E-state index in [1.165, 1.54) is 6.07 Å². The summed E-state index contributed by atoms with van der Waals surface area (Å²) in [6.45, 7) is 0. The van der Waals surface area contributed by atoms with Crippen molar-refractivity contribution in [2.24, 2.45) is 0 Å². The lowest BCUT2D eigenvalue weighted by atomic mass is 10.1. The second kappa shape index (κ2) is 5.04. The average molecular weight is 309 g/mol. The van der Waals surface area contributed by atoms with Crippen molar-refractivity contribution >= 4 is 41.0 Å². The third-order valence-electron chi connectivity index (χ3n) is 1.33. The van der Waals surface area contributed by atoms with Crippen molar-refractivity contribution in [3.8, 4) is 6.07 Å². The van der Waals surface area contributed by atoms with Crippen LogP contribution in [0.15, 0.2) is 18.2 Å². The van der Waals surface area contributed by atoms with E-state index in [9.17, 15) is 4.79 Å². The summed E-state index contributed by atoms with van der Waals surface area (Å²) in [6.07, 6.45) is 0. The van der Waals surface area contributed by atoms with Gasteiger partial charge in [-0.1, -0.05) is 0 Å². The van der Waals surface area contributed by atoms with Crippen LogP contribution in [-0.2, 0) is 0 Å². The van der Waals surface area contributed by atoms with Crippen molar-refractivity contribution in [3.05, 3.63) is 32.9 Å². The van der Waals surface area contributed by atoms with Crippen LogP contribution in [0, 0.1) is 14.9 Å². The van der Waals surface area contributed by atoms with E-state index < -0.39 is 5.97 Å². The molecular formula is C8H5ClINO2. The van der Waals surface area contributed by atoms with E-state index >= 15 is 0 Å². The highest BCUT2D eigenvalue weighted by atomic mass is 127. The Labute approximate surface area is 94.9 Å². The maximum atomic E-state index is 10.6. The lowest BCUT2D eigenvalue weighted by Gasteiger charge is -1.97. The maximum Gasteiger partial charge on any atom is 0.336 e. The molecule has 1 N–H and O–H groups in total. The Hall–Kier alpha value is -0.800. The fourth-order valence-electron chi connectivity index (χ4n) is 0.759. The highest BCUT2D eigenvalue weighted by Crippen LogP contribution is 2.13. The third-order valence-corrected chi connectivity index (χ3v) is 2.27. The molecule has 1 aromatic carbocycles. The number of halogens is 2. The summed E-state index contributed by atoms with van der Waals surface area (Å²) in [5.41, 5.74) is 0.544. The van der Waals surface area contributed by atoms with Crippen molar-refractivity contribution < 1.29 is 9.90 Å². The maximum absolute atomic E-state index is 10.6. The smallest absolute Gasteiger partial charge is 0.336 e. The van der Waals surface area contributed by atoms with E-state index in [0.29, 0.717) is 9.13 Å². The molecule has 0 bridgehead atoms. The Morgan fingerprint density at radius 2 is 2.15 bits per heavy atom. The van der Waals surface area contributed by atoms with Gasteiger partial charge in [-0.3, -0.25) is 0 Å².